The van der Waals surface area contributed by atoms with Crippen LogP contribution in [0.1, 0.15) is 74.5 Å². The molecule has 3 N–H and O–H groups in total. The molecule has 14 heteroatoms. The van der Waals surface area contributed by atoms with Gasteiger partial charge in [-0.15, -0.1) is 0 Å². The Morgan fingerprint density at radius 2 is 1.64 bits per heavy atom. The fraction of sp³-hybridized carbons (Fsp3) is 0.512. The van der Waals surface area contributed by atoms with Gasteiger partial charge >= 0.3 is 12.1 Å². The molecule has 1 aliphatic carbocycles. The summed E-state index contributed by atoms with van der Waals surface area (Å²) >= 11 is 0. The Hall–Kier alpha value is -4.69. The number of pyridine rings is 1. The zero-order chi connectivity index (χ0) is 39.3. The van der Waals surface area contributed by atoms with Gasteiger partial charge < -0.3 is 35.0 Å². The van der Waals surface area contributed by atoms with Crippen molar-refractivity contribution in [2.24, 2.45) is 11.3 Å². The molecule has 5 aliphatic rings. The van der Waals surface area contributed by atoms with E-state index in [4.69, 9.17) is 19.9 Å². The van der Waals surface area contributed by atoms with E-state index in [2.05, 4.69) is 15.1 Å². The number of nitrogens with zero attached hydrogens (tertiary/aromatic N) is 4. The Balaban J connectivity index is 0.000000403. The van der Waals surface area contributed by atoms with Crippen molar-refractivity contribution in [1.82, 2.24) is 20.1 Å². The maximum Gasteiger partial charge on any atom is 0.403 e. The summed E-state index contributed by atoms with van der Waals surface area (Å²) in [6.07, 6.45) is -3.14. The van der Waals surface area contributed by atoms with Crippen molar-refractivity contribution in [1.29, 1.82) is 0 Å². The Kier molecular flexibility index (Phi) is 12.3. The molecule has 5 fully saturated rings. The second-order valence-corrected chi connectivity index (χ2v) is 14.8. The number of nitrogens with one attached hydrogen (secondary N) is 1. The lowest BCUT2D eigenvalue weighted by Crippen LogP contribution is -2.62. The standard InChI is InChI=1S/C33H42F3N5O3.C8H8O3/c1-3-23-20-40(31(43)32(14-7-15-32)33(34,35)36)18-19-41(23)27-11-10-25(24-8-5-6-9-28(24)44-4-2)37-29(27)30(42)38-26-21-39-16-12-22(26)13-17-39;9-7(8(10)11)6-4-2-1-3-5-6/h5-6,8-11,22-23,26H,3-4,7,12-21H2,1-2H3,(H,38,42);1-5,7,9H,(H,10,11)/t23-,26-;/m1./s1. The first-order valence-electron chi connectivity index (χ1n) is 19.2. The minimum absolute atomic E-state index is 0.0384. The van der Waals surface area contributed by atoms with Gasteiger partial charge in [0.2, 0.25) is 5.91 Å². The Bertz CT molecular complexity index is 1820. The summed E-state index contributed by atoms with van der Waals surface area (Å²) in [5, 5.41) is 20.7. The fourth-order valence-electron chi connectivity index (χ4n) is 8.26. The Morgan fingerprint density at radius 1 is 0.945 bits per heavy atom. The van der Waals surface area contributed by atoms with Crippen LogP contribution in [0.2, 0.25) is 0 Å². The highest BCUT2D eigenvalue weighted by Gasteiger charge is 2.64. The average Bonchev–Trinajstić information content (AvgIpc) is 3.17. The number of aliphatic carboxylic acids is 1. The Labute approximate surface area is 319 Å². The Morgan fingerprint density at radius 3 is 2.22 bits per heavy atom. The molecule has 3 aromatic rings. The molecule has 0 spiro atoms. The summed E-state index contributed by atoms with van der Waals surface area (Å²) in [5.41, 5.74) is 0.447. The molecular formula is C41H50F3N5O6. The molecule has 1 aromatic heterocycles. The number of alkyl halides is 3. The maximum atomic E-state index is 14.1. The summed E-state index contributed by atoms with van der Waals surface area (Å²) < 4.78 is 47.9. The molecule has 5 heterocycles. The highest BCUT2D eigenvalue weighted by Crippen LogP contribution is 2.54. The van der Waals surface area contributed by atoms with Gasteiger partial charge in [0.1, 0.15) is 11.2 Å². The van der Waals surface area contributed by atoms with Crippen molar-refractivity contribution in [3.63, 3.8) is 0 Å². The van der Waals surface area contributed by atoms with Gasteiger partial charge in [0, 0.05) is 43.8 Å². The van der Waals surface area contributed by atoms with E-state index in [1.807, 2.05) is 50.2 Å². The number of fused-ring (bicyclic) bond motifs is 3. The number of hydrogen-bond donors (Lipinski definition) is 3. The first-order chi connectivity index (χ1) is 26.4. The third-order valence-electron chi connectivity index (χ3n) is 11.6. The minimum Gasteiger partial charge on any atom is -0.493 e. The van der Waals surface area contributed by atoms with Gasteiger partial charge in [-0.3, -0.25) is 9.59 Å². The molecule has 11 nitrogen and oxygen atoms in total. The number of anilines is 1. The van der Waals surface area contributed by atoms with Crippen molar-refractivity contribution < 1.29 is 42.5 Å². The summed E-state index contributed by atoms with van der Waals surface area (Å²) in [5.74, 6) is -1.19. The van der Waals surface area contributed by atoms with Crippen LogP contribution in [0.3, 0.4) is 0 Å². The molecule has 4 saturated heterocycles. The van der Waals surface area contributed by atoms with Crippen molar-refractivity contribution >= 4 is 23.5 Å². The first kappa shape index (κ1) is 40.0. The van der Waals surface area contributed by atoms with E-state index in [1.54, 1.807) is 30.3 Å². The van der Waals surface area contributed by atoms with Crippen LogP contribution < -0.4 is 15.0 Å². The van der Waals surface area contributed by atoms with Gasteiger partial charge in [-0.1, -0.05) is 55.8 Å². The molecular weight excluding hydrogens is 715 g/mol. The summed E-state index contributed by atoms with van der Waals surface area (Å²) in [7, 11) is 0. The fourth-order valence-corrected chi connectivity index (χ4v) is 8.26. The number of carbonyl (C=O) groups is 3. The van der Waals surface area contributed by atoms with Crippen LogP contribution in [0.15, 0.2) is 66.7 Å². The van der Waals surface area contributed by atoms with Crippen LogP contribution in [0.5, 0.6) is 5.75 Å². The number of ether oxygens (including phenoxy) is 1. The average molecular weight is 766 g/mol. The van der Waals surface area contributed by atoms with Crippen LogP contribution in [-0.4, -0.2) is 107 Å². The quantitative estimate of drug-likeness (QED) is 0.230. The number of halogens is 3. The normalized spacial score (nSPS) is 23.5. The number of carboxylic acid groups (broad SMARTS) is 1. The van der Waals surface area contributed by atoms with Gasteiger partial charge in [-0.05, 0) is 87.9 Å². The molecule has 1 unspecified atom stereocenters. The molecule has 2 amide bonds. The number of hydrogen-bond acceptors (Lipinski definition) is 8. The number of benzene rings is 2. The van der Waals surface area contributed by atoms with E-state index in [0.29, 0.717) is 54.6 Å². The SMILES string of the molecule is CCOc1ccccc1-c1ccc(N2CCN(C(=O)C3(C(F)(F)F)CCC3)C[C@H]2CC)c(C(=O)N[C@@H]2CN3CCC2CC3)n1.O=C(O)C(O)c1ccccc1. The van der Waals surface area contributed by atoms with E-state index < -0.39 is 29.6 Å². The third-order valence-corrected chi connectivity index (χ3v) is 11.6. The van der Waals surface area contributed by atoms with Crippen molar-refractivity contribution in [2.45, 2.75) is 76.7 Å². The predicted molar refractivity (Wildman–Crippen MR) is 201 cm³/mol. The van der Waals surface area contributed by atoms with Gasteiger partial charge in [0.05, 0.1) is 18.0 Å². The number of rotatable bonds is 10. The van der Waals surface area contributed by atoms with Crippen LogP contribution in [0.4, 0.5) is 18.9 Å². The molecule has 8 rings (SSSR count). The number of aliphatic hydroxyl groups is 1. The van der Waals surface area contributed by atoms with Crippen LogP contribution in [0.25, 0.3) is 11.3 Å². The number of carboxylic acids is 1. The lowest BCUT2D eigenvalue weighted by atomic mass is 9.67. The first-order valence-corrected chi connectivity index (χ1v) is 19.2. The van der Waals surface area contributed by atoms with Gasteiger partial charge in [0.25, 0.3) is 5.91 Å². The number of carbonyl (C=O) groups excluding carboxylic acids is 2. The molecule has 2 bridgehead atoms. The number of aliphatic hydroxyl groups excluding tert-OH is 1. The van der Waals surface area contributed by atoms with Gasteiger partial charge in [-0.2, -0.15) is 13.2 Å². The van der Waals surface area contributed by atoms with Gasteiger partial charge in [-0.25, -0.2) is 9.78 Å². The van der Waals surface area contributed by atoms with E-state index in [-0.39, 0.29) is 49.6 Å². The van der Waals surface area contributed by atoms with Crippen molar-refractivity contribution in [3.05, 3.63) is 78.0 Å². The third kappa shape index (κ3) is 8.45. The van der Waals surface area contributed by atoms with E-state index in [9.17, 15) is 27.6 Å². The van der Waals surface area contributed by atoms with E-state index in [0.717, 1.165) is 38.0 Å². The zero-order valence-electron chi connectivity index (χ0n) is 31.3. The van der Waals surface area contributed by atoms with Crippen LogP contribution >= 0.6 is 0 Å². The molecule has 2 aromatic carbocycles. The zero-order valence-corrected chi connectivity index (χ0v) is 31.3. The summed E-state index contributed by atoms with van der Waals surface area (Å²) in [6.45, 7) is 7.93. The molecule has 0 radical (unpaired) electrons. The molecule has 296 valence electrons. The predicted octanol–water partition coefficient (Wildman–Crippen LogP) is 5.94. The second-order valence-electron chi connectivity index (χ2n) is 14.8. The largest absolute Gasteiger partial charge is 0.493 e. The van der Waals surface area contributed by atoms with Gasteiger partial charge in [0.15, 0.2) is 11.8 Å². The molecule has 3 atom stereocenters. The monoisotopic (exact) mass is 765 g/mol. The van der Waals surface area contributed by atoms with Crippen LogP contribution in [-0.2, 0) is 9.59 Å². The second kappa shape index (κ2) is 17.0. The number of aromatic nitrogens is 1. The molecule has 1 saturated carbocycles. The number of piperidine rings is 3. The number of para-hydroxylation sites is 1. The molecule has 55 heavy (non-hydrogen) atoms. The van der Waals surface area contributed by atoms with Crippen molar-refractivity contribution in [3.8, 4) is 17.0 Å². The highest BCUT2D eigenvalue weighted by molar-refractivity contribution is 5.99. The van der Waals surface area contributed by atoms with Crippen molar-refractivity contribution in [2.75, 3.05) is 50.8 Å². The van der Waals surface area contributed by atoms with E-state index >= 15 is 0 Å². The van der Waals surface area contributed by atoms with Crippen LogP contribution in [0, 0.1) is 11.3 Å². The topological polar surface area (TPSA) is 136 Å². The lowest BCUT2D eigenvalue weighted by Gasteiger charge is -2.49. The number of amides is 2. The summed E-state index contributed by atoms with van der Waals surface area (Å²) in [4.78, 5) is 48.4. The van der Waals surface area contributed by atoms with E-state index in [1.165, 1.54) is 4.90 Å². The smallest absolute Gasteiger partial charge is 0.403 e. The highest BCUT2D eigenvalue weighted by atomic mass is 19.4. The molecule has 4 aliphatic heterocycles. The number of piperazine rings is 1. The summed E-state index contributed by atoms with van der Waals surface area (Å²) in [6, 6.07) is 19.4. The maximum absolute atomic E-state index is 14.1. The lowest BCUT2D eigenvalue weighted by molar-refractivity contribution is -0.248. The minimum atomic E-state index is -4.56.